The van der Waals surface area contributed by atoms with Crippen LogP contribution >= 0.6 is 23.4 Å². The molecule has 0 saturated heterocycles. The van der Waals surface area contributed by atoms with Gasteiger partial charge in [-0.3, -0.25) is 0 Å². The van der Waals surface area contributed by atoms with Gasteiger partial charge in [-0.25, -0.2) is 0 Å². The van der Waals surface area contributed by atoms with Crippen molar-refractivity contribution in [2.75, 3.05) is 0 Å². The molecule has 3 rings (SSSR count). The summed E-state index contributed by atoms with van der Waals surface area (Å²) in [5.41, 5.74) is 1.82. The van der Waals surface area contributed by atoms with Crippen LogP contribution in [0.2, 0.25) is 5.02 Å². The number of hydrogen-bond acceptors (Lipinski definition) is 5. The first kappa shape index (κ1) is 13.9. The molecular weight excluding hydrogens is 308 g/mol. The molecule has 0 radical (unpaired) electrons. The summed E-state index contributed by atoms with van der Waals surface area (Å²) >= 11 is 7.64. The van der Waals surface area contributed by atoms with Crippen molar-refractivity contribution >= 4 is 23.4 Å². The first-order chi connectivity index (χ1) is 10.2. The fourth-order valence-corrected chi connectivity index (χ4v) is 2.96. The minimum Gasteiger partial charge on any atom is -0.508 e. The van der Waals surface area contributed by atoms with Crippen LogP contribution in [0, 0.1) is 0 Å². The summed E-state index contributed by atoms with van der Waals surface area (Å²) < 4.78 is 1.63. The Morgan fingerprint density at radius 3 is 2.62 bits per heavy atom. The molecule has 1 N–H and O–H groups in total. The molecule has 3 aromatic rings. The predicted octanol–water partition coefficient (Wildman–Crippen LogP) is 3.31. The van der Waals surface area contributed by atoms with E-state index in [-0.39, 0.29) is 5.75 Å². The van der Waals surface area contributed by atoms with Gasteiger partial charge in [-0.1, -0.05) is 41.6 Å². The fourth-order valence-electron chi connectivity index (χ4n) is 1.78. The summed E-state index contributed by atoms with van der Waals surface area (Å²) in [6.45, 7) is 0. The lowest BCUT2D eigenvalue weighted by atomic mass is 10.2. The van der Waals surface area contributed by atoms with E-state index in [9.17, 15) is 5.11 Å². The zero-order valence-corrected chi connectivity index (χ0v) is 12.4. The number of thioether (sulfide) groups is 1. The average molecular weight is 319 g/mol. The highest BCUT2D eigenvalue weighted by Crippen LogP contribution is 2.26. The second kappa shape index (κ2) is 6.15. The van der Waals surface area contributed by atoms with Crippen LogP contribution < -0.4 is 0 Å². The van der Waals surface area contributed by atoms with E-state index in [2.05, 4.69) is 15.5 Å². The van der Waals surface area contributed by atoms with E-state index in [1.807, 2.05) is 24.3 Å². The third kappa shape index (κ3) is 3.17. The van der Waals surface area contributed by atoms with Crippen LogP contribution in [0.5, 0.6) is 5.75 Å². The van der Waals surface area contributed by atoms with Crippen molar-refractivity contribution in [1.82, 2.24) is 20.2 Å². The van der Waals surface area contributed by atoms with E-state index in [1.165, 1.54) is 11.8 Å². The Morgan fingerprint density at radius 2 is 1.86 bits per heavy atom. The van der Waals surface area contributed by atoms with Crippen LogP contribution in [0.1, 0.15) is 5.56 Å². The predicted molar refractivity (Wildman–Crippen MR) is 81.8 cm³/mol. The van der Waals surface area contributed by atoms with Gasteiger partial charge in [-0.2, -0.15) is 4.68 Å². The number of aromatic hydroxyl groups is 1. The van der Waals surface area contributed by atoms with Crippen LogP contribution in [0.15, 0.2) is 53.7 Å². The number of benzene rings is 2. The van der Waals surface area contributed by atoms with Gasteiger partial charge in [-0.05, 0) is 46.3 Å². The summed E-state index contributed by atoms with van der Waals surface area (Å²) in [6, 6.07) is 14.4. The molecule has 0 amide bonds. The summed E-state index contributed by atoms with van der Waals surface area (Å²) in [5, 5.41) is 22.4. The summed E-state index contributed by atoms with van der Waals surface area (Å²) in [7, 11) is 0. The van der Waals surface area contributed by atoms with Crippen LogP contribution in [-0.2, 0) is 5.75 Å². The van der Waals surface area contributed by atoms with Crippen molar-refractivity contribution in [2.45, 2.75) is 10.9 Å². The Balaban J connectivity index is 1.80. The summed E-state index contributed by atoms with van der Waals surface area (Å²) in [5.74, 6) is 0.884. The third-order valence-corrected chi connectivity index (χ3v) is 4.19. The molecule has 5 nitrogen and oxygen atoms in total. The first-order valence-electron chi connectivity index (χ1n) is 6.18. The smallest absolute Gasteiger partial charge is 0.214 e. The van der Waals surface area contributed by atoms with Gasteiger partial charge in [0, 0.05) is 10.8 Å². The van der Waals surface area contributed by atoms with E-state index in [0.717, 1.165) is 16.3 Å². The number of phenolic OH excluding ortho intramolecular Hbond substituents is 1. The van der Waals surface area contributed by atoms with E-state index >= 15 is 0 Å². The van der Waals surface area contributed by atoms with Gasteiger partial charge in [0.2, 0.25) is 5.16 Å². The number of aromatic nitrogens is 4. The van der Waals surface area contributed by atoms with Gasteiger partial charge in [0.25, 0.3) is 0 Å². The van der Waals surface area contributed by atoms with Gasteiger partial charge in [0.05, 0.1) is 5.69 Å². The molecule has 0 saturated carbocycles. The van der Waals surface area contributed by atoms with Crippen molar-refractivity contribution in [2.24, 2.45) is 0 Å². The Bertz CT molecular complexity index is 745. The number of phenols is 1. The standard InChI is InChI=1S/C14H11ClN4OS/c15-13-4-2-1-3-10(13)9-21-14-16-17-18-19(14)11-5-7-12(20)8-6-11/h1-8,20H,9H2. The molecule has 0 fully saturated rings. The van der Waals surface area contributed by atoms with Crippen molar-refractivity contribution < 1.29 is 5.11 Å². The molecular formula is C14H11ClN4OS. The summed E-state index contributed by atoms with van der Waals surface area (Å²) in [4.78, 5) is 0. The highest BCUT2D eigenvalue weighted by molar-refractivity contribution is 7.98. The SMILES string of the molecule is Oc1ccc(-n2nnnc2SCc2ccccc2Cl)cc1. The molecule has 0 aliphatic rings. The number of hydrogen-bond donors (Lipinski definition) is 1. The molecule has 0 atom stereocenters. The molecule has 1 heterocycles. The van der Waals surface area contributed by atoms with Gasteiger partial charge in [0.1, 0.15) is 5.75 Å². The molecule has 0 spiro atoms. The number of nitrogens with zero attached hydrogens (tertiary/aromatic N) is 4. The van der Waals surface area contributed by atoms with E-state index in [4.69, 9.17) is 11.6 Å². The second-order valence-corrected chi connectivity index (χ2v) is 5.62. The zero-order chi connectivity index (χ0) is 14.7. The molecule has 0 bridgehead atoms. The average Bonchev–Trinajstić information content (AvgIpc) is 2.96. The summed E-state index contributed by atoms with van der Waals surface area (Å²) in [6.07, 6.45) is 0. The quantitative estimate of drug-likeness (QED) is 0.748. The Labute approximate surface area is 130 Å². The van der Waals surface area contributed by atoms with Crippen molar-refractivity contribution in [1.29, 1.82) is 0 Å². The highest BCUT2D eigenvalue weighted by atomic mass is 35.5. The van der Waals surface area contributed by atoms with Crippen LogP contribution in [-0.4, -0.2) is 25.3 Å². The van der Waals surface area contributed by atoms with Crippen LogP contribution in [0.4, 0.5) is 0 Å². The lowest BCUT2D eigenvalue weighted by Gasteiger charge is -2.05. The molecule has 0 aliphatic heterocycles. The van der Waals surface area contributed by atoms with Gasteiger partial charge < -0.3 is 5.11 Å². The minimum absolute atomic E-state index is 0.206. The van der Waals surface area contributed by atoms with Gasteiger partial charge in [-0.15, -0.1) is 5.10 Å². The van der Waals surface area contributed by atoms with Crippen molar-refractivity contribution in [3.63, 3.8) is 0 Å². The topological polar surface area (TPSA) is 63.8 Å². The Kier molecular flexibility index (Phi) is 4.08. The molecule has 2 aromatic carbocycles. The number of tetrazole rings is 1. The molecule has 106 valence electrons. The monoisotopic (exact) mass is 318 g/mol. The lowest BCUT2D eigenvalue weighted by Crippen LogP contribution is -1.98. The molecule has 0 aliphatic carbocycles. The van der Waals surface area contributed by atoms with Gasteiger partial charge in [0.15, 0.2) is 0 Å². The van der Waals surface area contributed by atoms with Crippen molar-refractivity contribution in [3.8, 4) is 11.4 Å². The Hall–Kier alpha value is -2.05. The number of rotatable bonds is 4. The van der Waals surface area contributed by atoms with Crippen LogP contribution in [0.25, 0.3) is 5.69 Å². The van der Waals surface area contributed by atoms with E-state index < -0.39 is 0 Å². The number of halogens is 1. The fraction of sp³-hybridized carbons (Fsp3) is 0.0714. The van der Waals surface area contributed by atoms with Crippen molar-refractivity contribution in [3.05, 3.63) is 59.1 Å². The van der Waals surface area contributed by atoms with E-state index in [1.54, 1.807) is 28.9 Å². The molecule has 0 unspecified atom stereocenters. The normalized spacial score (nSPS) is 10.7. The maximum Gasteiger partial charge on any atom is 0.214 e. The first-order valence-corrected chi connectivity index (χ1v) is 7.54. The Morgan fingerprint density at radius 1 is 1.10 bits per heavy atom. The van der Waals surface area contributed by atoms with Gasteiger partial charge >= 0.3 is 0 Å². The largest absolute Gasteiger partial charge is 0.508 e. The molecule has 21 heavy (non-hydrogen) atoms. The third-order valence-electron chi connectivity index (χ3n) is 2.85. The van der Waals surface area contributed by atoms with E-state index in [0.29, 0.717) is 10.9 Å². The maximum absolute atomic E-state index is 9.33. The highest BCUT2D eigenvalue weighted by Gasteiger charge is 2.10. The molecule has 1 aromatic heterocycles. The molecule has 7 heteroatoms. The second-order valence-electron chi connectivity index (χ2n) is 4.27. The maximum atomic E-state index is 9.33. The lowest BCUT2D eigenvalue weighted by molar-refractivity contribution is 0.475. The minimum atomic E-state index is 0.206. The van der Waals surface area contributed by atoms with Crippen LogP contribution in [0.3, 0.4) is 0 Å². The zero-order valence-electron chi connectivity index (χ0n) is 10.8.